The molecule has 8 heteroatoms. The molecular formula is C26H32N4O3S. The first kappa shape index (κ1) is 24.0. The molecule has 0 spiro atoms. The number of fused-ring (bicyclic) bond motifs is 4. The Morgan fingerprint density at radius 1 is 1.03 bits per heavy atom. The summed E-state index contributed by atoms with van der Waals surface area (Å²) in [4.78, 5) is 9.08. The summed E-state index contributed by atoms with van der Waals surface area (Å²) in [6.07, 6.45) is 1.84. The lowest BCUT2D eigenvalue weighted by atomic mass is 9.89. The zero-order chi connectivity index (χ0) is 24.5. The topological polar surface area (TPSA) is 93.2 Å². The van der Waals surface area contributed by atoms with Crippen LogP contribution in [0.5, 0.6) is 5.88 Å². The highest BCUT2D eigenvalue weighted by Crippen LogP contribution is 2.30. The SMILES string of the molecule is Cc1cccc(C)c1-c1cc2nc(n1)NS(=O)(=O)c1cccc(c1)N[C@@H](CCC(C)(C)C)CO2. The van der Waals surface area contributed by atoms with Crippen molar-refractivity contribution in [1.82, 2.24) is 9.97 Å². The normalized spacial score (nSPS) is 17.4. The lowest BCUT2D eigenvalue weighted by Gasteiger charge is -2.25. The predicted octanol–water partition coefficient (Wildman–Crippen LogP) is 5.56. The van der Waals surface area contributed by atoms with Crippen molar-refractivity contribution in [3.05, 3.63) is 59.7 Å². The average Bonchev–Trinajstić information content (AvgIpc) is 2.74. The van der Waals surface area contributed by atoms with Gasteiger partial charge in [0.25, 0.3) is 10.0 Å². The molecule has 2 N–H and O–H groups in total. The molecule has 4 bridgehead atoms. The number of aromatic nitrogens is 2. The van der Waals surface area contributed by atoms with E-state index in [2.05, 4.69) is 40.8 Å². The molecule has 1 aliphatic heterocycles. The summed E-state index contributed by atoms with van der Waals surface area (Å²) < 4.78 is 35.0. The maximum Gasteiger partial charge on any atom is 0.264 e. The molecule has 34 heavy (non-hydrogen) atoms. The summed E-state index contributed by atoms with van der Waals surface area (Å²) in [5.41, 5.74) is 4.52. The van der Waals surface area contributed by atoms with Gasteiger partial charge in [-0.3, -0.25) is 0 Å². The van der Waals surface area contributed by atoms with E-state index in [4.69, 9.17) is 4.74 Å². The van der Waals surface area contributed by atoms with Gasteiger partial charge in [0.1, 0.15) is 6.61 Å². The molecule has 4 rings (SSSR count). The molecule has 0 saturated heterocycles. The summed E-state index contributed by atoms with van der Waals surface area (Å²) in [7, 11) is -3.89. The molecular weight excluding hydrogens is 448 g/mol. The first-order valence-electron chi connectivity index (χ1n) is 11.5. The van der Waals surface area contributed by atoms with Crippen LogP contribution in [0.4, 0.5) is 11.6 Å². The second-order valence-electron chi connectivity index (χ2n) is 10.1. The molecule has 1 aromatic heterocycles. The van der Waals surface area contributed by atoms with Crippen LogP contribution < -0.4 is 14.8 Å². The van der Waals surface area contributed by atoms with E-state index in [1.54, 1.807) is 24.3 Å². The number of hydrogen-bond donors (Lipinski definition) is 2. The minimum absolute atomic E-state index is 0.0136. The summed E-state index contributed by atoms with van der Waals surface area (Å²) in [6, 6.07) is 14.5. The van der Waals surface area contributed by atoms with Crippen molar-refractivity contribution in [3.8, 4) is 17.1 Å². The van der Waals surface area contributed by atoms with Gasteiger partial charge in [-0.05, 0) is 61.4 Å². The van der Waals surface area contributed by atoms with Crippen LogP contribution in [0.3, 0.4) is 0 Å². The molecule has 7 nitrogen and oxygen atoms in total. The molecule has 0 saturated carbocycles. The van der Waals surface area contributed by atoms with Gasteiger partial charge < -0.3 is 10.1 Å². The number of hydrogen-bond acceptors (Lipinski definition) is 6. The number of nitrogens with one attached hydrogen (secondary N) is 2. The van der Waals surface area contributed by atoms with E-state index in [9.17, 15) is 8.42 Å². The van der Waals surface area contributed by atoms with Crippen LogP contribution in [-0.4, -0.2) is 31.0 Å². The van der Waals surface area contributed by atoms with Crippen molar-refractivity contribution in [3.63, 3.8) is 0 Å². The molecule has 0 radical (unpaired) electrons. The molecule has 0 fully saturated rings. The largest absolute Gasteiger partial charge is 0.475 e. The van der Waals surface area contributed by atoms with E-state index < -0.39 is 10.0 Å². The fraction of sp³-hybridized carbons (Fsp3) is 0.385. The van der Waals surface area contributed by atoms with Gasteiger partial charge in [-0.25, -0.2) is 18.1 Å². The second-order valence-corrected chi connectivity index (χ2v) is 11.7. The number of nitrogens with zero attached hydrogens (tertiary/aromatic N) is 2. The number of sulfonamides is 1. The van der Waals surface area contributed by atoms with E-state index in [1.165, 1.54) is 0 Å². The number of aryl methyl sites for hydroxylation is 2. The Labute approximate surface area is 202 Å². The zero-order valence-corrected chi connectivity index (χ0v) is 21.2. The first-order valence-corrected chi connectivity index (χ1v) is 13.0. The van der Waals surface area contributed by atoms with E-state index in [0.29, 0.717) is 18.2 Å². The smallest absolute Gasteiger partial charge is 0.264 e. The van der Waals surface area contributed by atoms with Crippen molar-refractivity contribution in [2.45, 2.75) is 58.4 Å². The van der Waals surface area contributed by atoms with Crippen molar-refractivity contribution in [1.29, 1.82) is 0 Å². The number of rotatable bonds is 3. The molecule has 180 valence electrons. The quantitative estimate of drug-likeness (QED) is 0.510. The Morgan fingerprint density at radius 2 is 1.74 bits per heavy atom. The van der Waals surface area contributed by atoms with Gasteiger partial charge in [-0.1, -0.05) is 45.0 Å². The van der Waals surface area contributed by atoms with Crippen LogP contribution >= 0.6 is 0 Å². The molecule has 2 aromatic carbocycles. The van der Waals surface area contributed by atoms with Crippen molar-refractivity contribution < 1.29 is 13.2 Å². The fourth-order valence-corrected chi connectivity index (χ4v) is 5.04. The summed E-state index contributed by atoms with van der Waals surface area (Å²) in [5, 5.41) is 3.46. The van der Waals surface area contributed by atoms with Crippen molar-refractivity contribution >= 4 is 21.7 Å². The fourth-order valence-electron chi connectivity index (χ4n) is 4.05. The van der Waals surface area contributed by atoms with Gasteiger partial charge >= 0.3 is 0 Å². The Bertz CT molecular complexity index is 1280. The highest BCUT2D eigenvalue weighted by Gasteiger charge is 2.22. The van der Waals surface area contributed by atoms with Gasteiger partial charge in [-0.2, -0.15) is 4.98 Å². The Hall–Kier alpha value is -3.13. The zero-order valence-electron chi connectivity index (χ0n) is 20.3. The highest BCUT2D eigenvalue weighted by atomic mass is 32.2. The van der Waals surface area contributed by atoms with Gasteiger partial charge in [0.05, 0.1) is 16.6 Å². The lowest BCUT2D eigenvalue weighted by Crippen LogP contribution is -2.29. The van der Waals surface area contributed by atoms with Gasteiger partial charge in [0.2, 0.25) is 11.8 Å². The number of benzene rings is 2. The predicted molar refractivity (Wildman–Crippen MR) is 136 cm³/mol. The van der Waals surface area contributed by atoms with Crippen LogP contribution in [0.1, 0.15) is 44.7 Å². The Morgan fingerprint density at radius 3 is 2.44 bits per heavy atom. The Balaban J connectivity index is 1.80. The van der Waals surface area contributed by atoms with E-state index in [0.717, 1.165) is 35.2 Å². The van der Waals surface area contributed by atoms with Crippen molar-refractivity contribution in [2.24, 2.45) is 5.41 Å². The summed E-state index contributed by atoms with van der Waals surface area (Å²) in [6.45, 7) is 11.0. The molecule has 0 amide bonds. The van der Waals surface area contributed by atoms with Crippen LogP contribution in [0.15, 0.2) is 53.4 Å². The third kappa shape index (κ3) is 5.67. The van der Waals surface area contributed by atoms with E-state index >= 15 is 0 Å². The summed E-state index contributed by atoms with van der Waals surface area (Å²) >= 11 is 0. The monoisotopic (exact) mass is 480 g/mol. The van der Waals surface area contributed by atoms with E-state index in [1.807, 2.05) is 38.1 Å². The van der Waals surface area contributed by atoms with Crippen LogP contribution in [0.2, 0.25) is 0 Å². The van der Waals surface area contributed by atoms with Crippen LogP contribution in [-0.2, 0) is 10.0 Å². The number of ether oxygens (including phenoxy) is 1. The van der Waals surface area contributed by atoms with Crippen molar-refractivity contribution in [2.75, 3.05) is 16.6 Å². The standard InChI is InChI=1S/C26H32N4O3S/c1-17-8-6-9-18(2)24(17)22-15-23-29-25(28-22)30-34(31,32)21-11-7-10-19(14-21)27-20(16-33-23)12-13-26(3,4)5/h6-11,14-15,20,27H,12-13,16H2,1-5H3,(H,28,29,30)/t20-/m0/s1. The molecule has 3 aromatic rings. The third-order valence-corrected chi connectivity index (χ3v) is 7.18. The first-order chi connectivity index (χ1) is 16.0. The highest BCUT2D eigenvalue weighted by molar-refractivity contribution is 7.92. The molecule has 0 aliphatic carbocycles. The molecule has 2 heterocycles. The second kappa shape index (κ2) is 9.25. The minimum atomic E-state index is -3.89. The average molecular weight is 481 g/mol. The third-order valence-electron chi connectivity index (χ3n) is 5.86. The van der Waals surface area contributed by atoms with E-state index in [-0.39, 0.29) is 22.3 Å². The number of anilines is 2. The molecule has 1 aliphatic rings. The van der Waals surface area contributed by atoms with Crippen LogP contribution in [0.25, 0.3) is 11.3 Å². The van der Waals surface area contributed by atoms with Crippen LogP contribution in [0, 0.1) is 19.3 Å². The maximum absolute atomic E-state index is 13.1. The van der Waals surface area contributed by atoms with Gasteiger partial charge in [0.15, 0.2) is 0 Å². The van der Waals surface area contributed by atoms with Gasteiger partial charge in [0, 0.05) is 17.3 Å². The van der Waals surface area contributed by atoms with Gasteiger partial charge in [-0.15, -0.1) is 0 Å². The maximum atomic E-state index is 13.1. The Kier molecular flexibility index (Phi) is 6.53. The summed E-state index contributed by atoms with van der Waals surface area (Å²) in [5.74, 6) is 0.317. The molecule has 0 unspecified atom stereocenters. The molecule has 1 atom stereocenters. The minimum Gasteiger partial charge on any atom is -0.475 e. The lowest BCUT2D eigenvalue weighted by molar-refractivity contribution is 0.262.